The van der Waals surface area contributed by atoms with E-state index in [1.165, 1.54) is 12.8 Å². The van der Waals surface area contributed by atoms with E-state index in [2.05, 4.69) is 40.0 Å². The van der Waals surface area contributed by atoms with Gasteiger partial charge in [-0.3, -0.25) is 0 Å². The van der Waals surface area contributed by atoms with Gasteiger partial charge in [-0.1, -0.05) is 37.1 Å². The SMILES string of the molecule is CC1(C)CCCNC1CNc1nnnn1-c1ccccc1. The van der Waals surface area contributed by atoms with Gasteiger partial charge in [0, 0.05) is 12.6 Å². The second kappa shape index (κ2) is 5.81. The summed E-state index contributed by atoms with van der Waals surface area (Å²) < 4.78 is 1.73. The zero-order valence-corrected chi connectivity index (χ0v) is 12.6. The topological polar surface area (TPSA) is 67.7 Å². The molecule has 0 radical (unpaired) electrons. The molecule has 0 bridgehead atoms. The Morgan fingerprint density at radius 3 is 2.90 bits per heavy atom. The number of anilines is 1. The number of rotatable bonds is 4. The molecule has 1 atom stereocenters. The summed E-state index contributed by atoms with van der Waals surface area (Å²) in [4.78, 5) is 0. The summed E-state index contributed by atoms with van der Waals surface area (Å²) in [6, 6.07) is 10.3. The quantitative estimate of drug-likeness (QED) is 0.898. The summed E-state index contributed by atoms with van der Waals surface area (Å²) in [6.45, 7) is 6.52. The number of hydrogen-bond donors (Lipinski definition) is 2. The van der Waals surface area contributed by atoms with Crippen LogP contribution in [0.5, 0.6) is 0 Å². The third kappa shape index (κ3) is 3.05. The standard InChI is InChI=1S/C15H22N6/c1-15(2)9-6-10-16-13(15)11-17-14-18-19-20-21(14)12-7-4-3-5-8-12/h3-5,7-8,13,16H,6,9-11H2,1-2H3,(H,17,18,20). The number of benzene rings is 1. The van der Waals surface area contributed by atoms with Crippen LogP contribution in [0.15, 0.2) is 30.3 Å². The molecule has 1 unspecified atom stereocenters. The van der Waals surface area contributed by atoms with Crippen LogP contribution < -0.4 is 10.6 Å². The number of hydrogen-bond acceptors (Lipinski definition) is 5. The summed E-state index contributed by atoms with van der Waals surface area (Å²) >= 11 is 0. The van der Waals surface area contributed by atoms with Crippen molar-refractivity contribution in [2.24, 2.45) is 5.41 Å². The Balaban J connectivity index is 1.71. The molecule has 6 heteroatoms. The second-order valence-corrected chi connectivity index (χ2v) is 6.23. The van der Waals surface area contributed by atoms with Gasteiger partial charge in [-0.05, 0) is 47.4 Å². The molecule has 3 rings (SSSR count). The molecule has 1 aromatic carbocycles. The molecule has 2 N–H and O–H groups in total. The fraction of sp³-hybridized carbons (Fsp3) is 0.533. The lowest BCUT2D eigenvalue weighted by atomic mass is 9.77. The Morgan fingerprint density at radius 2 is 2.14 bits per heavy atom. The Morgan fingerprint density at radius 1 is 1.33 bits per heavy atom. The van der Waals surface area contributed by atoms with E-state index < -0.39 is 0 Å². The highest BCUT2D eigenvalue weighted by atomic mass is 15.6. The van der Waals surface area contributed by atoms with Crippen LogP contribution in [0.2, 0.25) is 0 Å². The summed E-state index contributed by atoms with van der Waals surface area (Å²) in [7, 11) is 0. The molecule has 0 spiro atoms. The van der Waals surface area contributed by atoms with Gasteiger partial charge in [0.1, 0.15) is 0 Å². The molecule has 21 heavy (non-hydrogen) atoms. The zero-order valence-electron chi connectivity index (χ0n) is 12.6. The van der Waals surface area contributed by atoms with Crippen molar-refractivity contribution in [1.29, 1.82) is 0 Å². The average Bonchev–Trinajstić information content (AvgIpc) is 2.95. The van der Waals surface area contributed by atoms with E-state index in [4.69, 9.17) is 0 Å². The van der Waals surface area contributed by atoms with Crippen molar-refractivity contribution < 1.29 is 0 Å². The molecule has 6 nitrogen and oxygen atoms in total. The third-order valence-corrected chi connectivity index (χ3v) is 4.27. The van der Waals surface area contributed by atoms with E-state index in [1.807, 2.05) is 30.3 Å². The minimum Gasteiger partial charge on any atom is -0.351 e. The van der Waals surface area contributed by atoms with Crippen molar-refractivity contribution in [3.63, 3.8) is 0 Å². The van der Waals surface area contributed by atoms with Crippen molar-refractivity contribution in [2.75, 3.05) is 18.4 Å². The molecule has 1 aliphatic heterocycles. The normalized spacial score (nSPS) is 21.1. The summed E-state index contributed by atoms with van der Waals surface area (Å²) in [6.07, 6.45) is 2.49. The van der Waals surface area contributed by atoms with Crippen LogP contribution in [0.4, 0.5) is 5.95 Å². The average molecular weight is 286 g/mol. The van der Waals surface area contributed by atoms with E-state index in [0.717, 1.165) is 18.8 Å². The van der Waals surface area contributed by atoms with E-state index in [9.17, 15) is 0 Å². The largest absolute Gasteiger partial charge is 0.351 e. The second-order valence-electron chi connectivity index (χ2n) is 6.23. The van der Waals surface area contributed by atoms with Gasteiger partial charge in [0.2, 0.25) is 5.95 Å². The number of aromatic nitrogens is 4. The van der Waals surface area contributed by atoms with Gasteiger partial charge in [0.15, 0.2) is 0 Å². The molecule has 0 saturated carbocycles. The molecule has 112 valence electrons. The van der Waals surface area contributed by atoms with Crippen molar-refractivity contribution in [1.82, 2.24) is 25.5 Å². The minimum atomic E-state index is 0.288. The van der Waals surface area contributed by atoms with Gasteiger partial charge in [-0.25, -0.2) is 0 Å². The molecule has 0 amide bonds. The Labute approximate surface area is 124 Å². The zero-order chi connectivity index (χ0) is 14.7. The van der Waals surface area contributed by atoms with E-state index in [1.54, 1.807) is 4.68 Å². The monoisotopic (exact) mass is 286 g/mol. The summed E-state index contributed by atoms with van der Waals surface area (Å²) in [5.41, 5.74) is 1.25. The molecule has 1 aromatic heterocycles. The number of piperidine rings is 1. The predicted octanol–water partition coefficient (Wildman–Crippen LogP) is 1.85. The van der Waals surface area contributed by atoms with E-state index >= 15 is 0 Å². The van der Waals surface area contributed by atoms with Gasteiger partial charge >= 0.3 is 0 Å². The lowest BCUT2D eigenvalue weighted by molar-refractivity contribution is 0.188. The highest BCUT2D eigenvalue weighted by Crippen LogP contribution is 2.30. The first-order chi connectivity index (χ1) is 10.2. The molecular weight excluding hydrogens is 264 g/mol. The highest BCUT2D eigenvalue weighted by Gasteiger charge is 2.31. The summed E-state index contributed by atoms with van der Waals surface area (Å²) in [5, 5.41) is 18.9. The molecule has 2 heterocycles. The maximum Gasteiger partial charge on any atom is 0.247 e. The van der Waals surface area contributed by atoms with Crippen LogP contribution in [0, 0.1) is 5.41 Å². The minimum absolute atomic E-state index is 0.288. The Kier molecular flexibility index (Phi) is 3.88. The predicted molar refractivity (Wildman–Crippen MR) is 82.4 cm³/mol. The fourth-order valence-corrected chi connectivity index (χ4v) is 2.85. The van der Waals surface area contributed by atoms with Gasteiger partial charge in [0.05, 0.1) is 5.69 Å². The van der Waals surface area contributed by atoms with E-state index in [0.29, 0.717) is 12.0 Å². The Bertz CT molecular complexity index is 577. The van der Waals surface area contributed by atoms with E-state index in [-0.39, 0.29) is 5.41 Å². The number of tetrazole rings is 1. The lowest BCUT2D eigenvalue weighted by Gasteiger charge is -2.39. The molecule has 1 fully saturated rings. The molecule has 1 saturated heterocycles. The van der Waals surface area contributed by atoms with Crippen molar-refractivity contribution in [3.05, 3.63) is 30.3 Å². The smallest absolute Gasteiger partial charge is 0.247 e. The first-order valence-corrected chi connectivity index (χ1v) is 7.48. The van der Waals surface area contributed by atoms with Crippen LogP contribution in [-0.4, -0.2) is 39.3 Å². The van der Waals surface area contributed by atoms with Gasteiger partial charge in [-0.15, -0.1) is 0 Å². The molecule has 1 aliphatic rings. The number of nitrogens with one attached hydrogen (secondary N) is 2. The van der Waals surface area contributed by atoms with Crippen molar-refractivity contribution in [3.8, 4) is 5.69 Å². The van der Waals surface area contributed by atoms with Crippen LogP contribution >= 0.6 is 0 Å². The first kappa shape index (κ1) is 14.0. The van der Waals surface area contributed by atoms with Crippen LogP contribution in [0.25, 0.3) is 5.69 Å². The van der Waals surface area contributed by atoms with Gasteiger partial charge in [-0.2, -0.15) is 4.68 Å². The Hall–Kier alpha value is -1.95. The third-order valence-electron chi connectivity index (χ3n) is 4.27. The van der Waals surface area contributed by atoms with Gasteiger partial charge in [0.25, 0.3) is 0 Å². The van der Waals surface area contributed by atoms with Crippen molar-refractivity contribution >= 4 is 5.95 Å². The first-order valence-electron chi connectivity index (χ1n) is 7.48. The van der Waals surface area contributed by atoms with Gasteiger partial charge < -0.3 is 10.6 Å². The molecular formula is C15H22N6. The van der Waals surface area contributed by atoms with Crippen molar-refractivity contribution in [2.45, 2.75) is 32.7 Å². The fourth-order valence-electron chi connectivity index (χ4n) is 2.85. The lowest BCUT2D eigenvalue weighted by Crippen LogP contribution is -2.50. The van der Waals surface area contributed by atoms with Crippen LogP contribution in [-0.2, 0) is 0 Å². The van der Waals surface area contributed by atoms with Crippen LogP contribution in [0.3, 0.4) is 0 Å². The summed E-state index contributed by atoms with van der Waals surface area (Å²) in [5.74, 6) is 0.685. The molecule has 0 aliphatic carbocycles. The maximum absolute atomic E-state index is 4.09. The number of para-hydroxylation sites is 1. The highest BCUT2D eigenvalue weighted by molar-refractivity contribution is 5.38. The number of nitrogens with zero attached hydrogens (tertiary/aromatic N) is 4. The maximum atomic E-state index is 4.09. The molecule has 2 aromatic rings. The van der Waals surface area contributed by atoms with Crippen LogP contribution in [0.1, 0.15) is 26.7 Å².